The summed E-state index contributed by atoms with van der Waals surface area (Å²) in [5, 5.41) is 28.1. The van der Waals surface area contributed by atoms with E-state index < -0.39 is 36.2 Å². The normalized spacial score (nSPS) is 22.5. The van der Waals surface area contributed by atoms with Crippen molar-refractivity contribution >= 4 is 11.9 Å². The minimum atomic E-state index is -1.18. The van der Waals surface area contributed by atoms with Crippen LogP contribution in [-0.4, -0.2) is 83.4 Å². The fraction of sp³-hybridized carbons (Fsp3) is 0.261. The molecule has 2 aliphatic heterocycles. The van der Waals surface area contributed by atoms with Crippen LogP contribution >= 0.6 is 0 Å². The molecule has 37 heavy (non-hydrogen) atoms. The Balaban J connectivity index is 1.14. The molecule has 4 atom stereocenters. The molecule has 4 aromatic rings. The molecule has 2 fully saturated rings. The number of carboxylic acids is 1. The van der Waals surface area contributed by atoms with Gasteiger partial charge >= 0.3 is 12.0 Å². The molecule has 0 spiro atoms. The highest BCUT2D eigenvalue weighted by molar-refractivity contribution is 6.04. The van der Waals surface area contributed by atoms with Gasteiger partial charge in [-0.15, -0.1) is 0 Å². The Bertz CT molecular complexity index is 1420. The lowest BCUT2D eigenvalue weighted by Gasteiger charge is -2.18. The monoisotopic (exact) mass is 504 g/mol. The zero-order chi connectivity index (χ0) is 25.4. The number of carbonyl (C=O) groups excluding carboxylic acids is 1. The van der Waals surface area contributed by atoms with E-state index in [4.69, 9.17) is 14.2 Å². The van der Waals surface area contributed by atoms with Crippen molar-refractivity contribution in [2.45, 2.75) is 24.3 Å². The van der Waals surface area contributed by atoms with Gasteiger partial charge in [-0.1, -0.05) is 17.2 Å². The molecule has 2 aromatic heterocycles. The molecule has 0 radical (unpaired) electrons. The van der Waals surface area contributed by atoms with E-state index in [0.29, 0.717) is 5.75 Å². The summed E-state index contributed by atoms with van der Waals surface area (Å²) >= 11 is 0. The summed E-state index contributed by atoms with van der Waals surface area (Å²) in [6.07, 6.45) is 2.13. The van der Waals surface area contributed by atoms with Gasteiger partial charge in [-0.25, -0.2) is 14.5 Å². The first-order chi connectivity index (χ1) is 18.1. The molecule has 14 nitrogen and oxygen atoms in total. The van der Waals surface area contributed by atoms with E-state index in [9.17, 15) is 14.7 Å². The zero-order valence-electron chi connectivity index (χ0n) is 19.1. The molecule has 0 aliphatic carbocycles. The van der Waals surface area contributed by atoms with E-state index in [1.165, 1.54) is 23.1 Å². The van der Waals surface area contributed by atoms with Gasteiger partial charge in [0, 0.05) is 0 Å². The third kappa shape index (κ3) is 4.28. The predicted molar refractivity (Wildman–Crippen MR) is 122 cm³/mol. The van der Waals surface area contributed by atoms with E-state index >= 15 is 0 Å². The van der Waals surface area contributed by atoms with Crippen LogP contribution in [0.25, 0.3) is 5.69 Å². The second-order valence-corrected chi connectivity index (χ2v) is 8.44. The number of hydrogen-bond donors (Lipinski definition) is 2. The molecule has 4 heterocycles. The molecule has 14 heteroatoms. The first-order valence-corrected chi connectivity index (χ1v) is 11.4. The van der Waals surface area contributed by atoms with Gasteiger partial charge in [0.2, 0.25) is 0 Å². The quantitative estimate of drug-likeness (QED) is 0.366. The maximum absolute atomic E-state index is 12.8. The highest BCUT2D eigenvalue weighted by Gasteiger charge is 2.50. The maximum Gasteiger partial charge on any atom is 0.341 e. The molecule has 1 amide bonds. The summed E-state index contributed by atoms with van der Waals surface area (Å²) in [5.74, 6) is -1.17. The molecule has 188 valence electrons. The number of nitrogens with one attached hydrogen (secondary N) is 1. The van der Waals surface area contributed by atoms with Gasteiger partial charge in [0.25, 0.3) is 5.91 Å². The number of rotatable bonds is 7. The molecule has 2 N–H and O–H groups in total. The first-order valence-electron chi connectivity index (χ1n) is 11.4. The van der Waals surface area contributed by atoms with Crippen LogP contribution in [0.4, 0.5) is 0 Å². The van der Waals surface area contributed by atoms with Crippen LogP contribution in [0, 0.1) is 0 Å². The molecule has 0 unspecified atom stereocenters. The maximum atomic E-state index is 12.8. The largest absolute Gasteiger partial charge is 0.478 e. The van der Waals surface area contributed by atoms with Crippen molar-refractivity contribution in [3.63, 3.8) is 0 Å². The molecule has 0 saturated carbocycles. The van der Waals surface area contributed by atoms with Gasteiger partial charge in [0.1, 0.15) is 36.7 Å². The van der Waals surface area contributed by atoms with Crippen molar-refractivity contribution in [1.82, 2.24) is 40.3 Å². The smallest absolute Gasteiger partial charge is 0.341 e. The third-order valence-electron chi connectivity index (χ3n) is 6.25. The van der Waals surface area contributed by atoms with Crippen LogP contribution in [0.5, 0.6) is 11.8 Å². The van der Waals surface area contributed by atoms with E-state index in [-0.39, 0.29) is 30.4 Å². The van der Waals surface area contributed by atoms with Crippen LogP contribution < -0.4 is 10.1 Å². The zero-order valence-corrected chi connectivity index (χ0v) is 19.1. The van der Waals surface area contributed by atoms with Crippen LogP contribution in [0.15, 0.2) is 61.2 Å². The highest BCUT2D eigenvalue weighted by Crippen LogP contribution is 2.36. The van der Waals surface area contributed by atoms with Crippen molar-refractivity contribution in [2.24, 2.45) is 0 Å². The average molecular weight is 504 g/mol. The number of aromatic nitrogens is 7. The second kappa shape index (κ2) is 9.40. The van der Waals surface area contributed by atoms with Gasteiger partial charge in [0.15, 0.2) is 0 Å². The van der Waals surface area contributed by atoms with Crippen LogP contribution in [-0.2, 0) is 9.47 Å². The van der Waals surface area contributed by atoms with Gasteiger partial charge in [-0.2, -0.15) is 9.78 Å². The number of ether oxygens (including phenoxy) is 3. The summed E-state index contributed by atoms with van der Waals surface area (Å²) in [6, 6.07) is 12.5. The second-order valence-electron chi connectivity index (χ2n) is 8.44. The third-order valence-corrected chi connectivity index (χ3v) is 6.25. The van der Waals surface area contributed by atoms with Gasteiger partial charge in [-0.3, -0.25) is 4.79 Å². The summed E-state index contributed by atoms with van der Waals surface area (Å²) in [5.41, 5.74) is 0.805. The minimum absolute atomic E-state index is 0.0685. The Labute approximate surface area is 208 Å². The van der Waals surface area contributed by atoms with Gasteiger partial charge in [0.05, 0.1) is 36.1 Å². The van der Waals surface area contributed by atoms with Crippen molar-refractivity contribution in [1.29, 1.82) is 0 Å². The van der Waals surface area contributed by atoms with E-state index in [2.05, 4.69) is 30.9 Å². The summed E-state index contributed by atoms with van der Waals surface area (Å²) in [6.45, 7) is 0.426. The summed E-state index contributed by atoms with van der Waals surface area (Å²) < 4.78 is 21.0. The van der Waals surface area contributed by atoms with Crippen LogP contribution in [0.3, 0.4) is 0 Å². The lowest BCUT2D eigenvalue weighted by Crippen LogP contribution is -2.44. The Morgan fingerprint density at radius 1 is 1.03 bits per heavy atom. The number of nitrogens with zero attached hydrogens (tertiary/aromatic N) is 7. The van der Waals surface area contributed by atoms with Crippen molar-refractivity contribution in [2.75, 3.05) is 13.2 Å². The van der Waals surface area contributed by atoms with E-state index in [1.807, 2.05) is 12.1 Å². The topological polar surface area (TPSA) is 168 Å². The number of carbonyl (C=O) groups is 2. The van der Waals surface area contributed by atoms with Crippen LogP contribution in [0.2, 0.25) is 0 Å². The highest BCUT2D eigenvalue weighted by atomic mass is 16.6. The molecule has 2 saturated heterocycles. The Morgan fingerprint density at radius 2 is 1.81 bits per heavy atom. The number of fused-ring (bicyclic) bond motifs is 1. The molecular weight excluding hydrogens is 484 g/mol. The Hall–Kier alpha value is -4.69. The molecule has 2 aromatic carbocycles. The number of benzene rings is 2. The lowest BCUT2D eigenvalue weighted by atomic mass is 10.0. The predicted octanol–water partition coefficient (Wildman–Crippen LogP) is 0.882. The fourth-order valence-corrected chi connectivity index (χ4v) is 4.50. The first kappa shape index (κ1) is 22.8. The van der Waals surface area contributed by atoms with Gasteiger partial charge < -0.3 is 24.6 Å². The number of tetrazole rings is 1. The number of aromatic carboxylic acids is 1. The van der Waals surface area contributed by atoms with Crippen molar-refractivity contribution in [3.8, 4) is 17.4 Å². The Morgan fingerprint density at radius 3 is 2.57 bits per heavy atom. The Kier molecular flexibility index (Phi) is 5.78. The standard InChI is InChI=1S/C23H20N8O6/c32-21(15-3-1-2-4-16(15)22(33)34)26-17-9-35-20-18(10-36-19(17)20)31-23(27-28-29-31)37-14-7-5-13(6-8-14)30-12-24-11-25-30/h1-8,11-12,17-20H,9-10H2,(H,26,32)(H,33,34)/t17-,18-,19+,20+/m0/s1. The number of carboxylic acid groups (broad SMARTS) is 1. The van der Waals surface area contributed by atoms with E-state index in [1.54, 1.807) is 35.3 Å². The lowest BCUT2D eigenvalue weighted by molar-refractivity contribution is 0.0606. The number of amides is 1. The number of hydrogen-bond acceptors (Lipinski definition) is 10. The summed E-state index contributed by atoms with van der Waals surface area (Å²) in [7, 11) is 0. The minimum Gasteiger partial charge on any atom is -0.478 e. The summed E-state index contributed by atoms with van der Waals surface area (Å²) in [4.78, 5) is 28.2. The van der Waals surface area contributed by atoms with E-state index in [0.717, 1.165) is 5.69 Å². The van der Waals surface area contributed by atoms with Crippen LogP contribution in [0.1, 0.15) is 26.8 Å². The SMILES string of the molecule is O=C(O)c1ccccc1C(=O)N[C@H]1CO[C@H]2[C@@H]1OC[C@@H]2n1nnnc1Oc1ccc(-n2cncn2)cc1. The average Bonchev–Trinajstić information content (AvgIpc) is 3.71. The molecule has 0 bridgehead atoms. The molecule has 6 rings (SSSR count). The fourth-order valence-electron chi connectivity index (χ4n) is 4.50. The van der Waals surface area contributed by atoms with Crippen molar-refractivity contribution < 1.29 is 28.9 Å². The van der Waals surface area contributed by atoms with Crippen molar-refractivity contribution in [3.05, 3.63) is 72.3 Å². The molecule has 2 aliphatic rings. The molecular formula is C23H20N8O6. The van der Waals surface area contributed by atoms with Gasteiger partial charge in [-0.05, 0) is 46.8 Å².